The molecule has 1 amide bonds. The van der Waals surface area contributed by atoms with Crippen LogP contribution in [0, 0.1) is 0 Å². The molecule has 0 aliphatic carbocycles. The summed E-state index contributed by atoms with van der Waals surface area (Å²) in [6, 6.07) is 7.04. The van der Waals surface area contributed by atoms with Crippen molar-refractivity contribution in [1.82, 2.24) is 0 Å². The summed E-state index contributed by atoms with van der Waals surface area (Å²) in [7, 11) is -0.890. The fourth-order valence-electron chi connectivity index (χ4n) is 1.66. The molecule has 0 spiro atoms. The van der Waals surface area contributed by atoms with Gasteiger partial charge in [-0.25, -0.2) is 0 Å². The molecule has 1 aromatic rings. The lowest BCUT2D eigenvalue weighted by Gasteiger charge is -2.06. The van der Waals surface area contributed by atoms with Gasteiger partial charge in [0.2, 0.25) is 5.91 Å². The standard InChI is InChI=1S/C14H22N2O2S/c1-2-3-4-9-19(18)10-8-14(17)16-13-7-5-6-12(15)11-13/h5-7,11H,2-4,8-10,15H2,1H3,(H,16,17). The van der Waals surface area contributed by atoms with Gasteiger partial charge in [0.25, 0.3) is 0 Å². The Morgan fingerprint density at radius 3 is 2.79 bits per heavy atom. The van der Waals surface area contributed by atoms with Crippen molar-refractivity contribution < 1.29 is 9.00 Å². The fourth-order valence-corrected chi connectivity index (χ4v) is 2.80. The Bertz CT molecular complexity index is 435. The second-order valence-electron chi connectivity index (χ2n) is 4.48. The van der Waals surface area contributed by atoms with Crippen molar-refractivity contribution in [2.24, 2.45) is 0 Å². The molecule has 0 heterocycles. The van der Waals surface area contributed by atoms with E-state index >= 15 is 0 Å². The number of nitrogens with two attached hydrogens (primary N) is 1. The lowest BCUT2D eigenvalue weighted by Crippen LogP contribution is -2.15. The summed E-state index contributed by atoms with van der Waals surface area (Å²) in [4.78, 5) is 11.7. The van der Waals surface area contributed by atoms with Crippen molar-refractivity contribution in [2.75, 3.05) is 22.6 Å². The van der Waals surface area contributed by atoms with Crippen LogP contribution in [0.4, 0.5) is 11.4 Å². The summed E-state index contributed by atoms with van der Waals surface area (Å²) >= 11 is 0. The molecular weight excluding hydrogens is 260 g/mol. The Labute approximate surface area is 117 Å². The molecule has 0 fully saturated rings. The third-order valence-electron chi connectivity index (χ3n) is 2.70. The van der Waals surface area contributed by atoms with Gasteiger partial charge in [-0.2, -0.15) is 0 Å². The first kappa shape index (κ1) is 15.7. The van der Waals surface area contributed by atoms with E-state index in [2.05, 4.69) is 12.2 Å². The summed E-state index contributed by atoms with van der Waals surface area (Å²) in [5, 5.41) is 2.75. The lowest BCUT2D eigenvalue weighted by molar-refractivity contribution is -0.115. The molecule has 106 valence electrons. The minimum Gasteiger partial charge on any atom is -0.399 e. The first-order chi connectivity index (χ1) is 9.11. The van der Waals surface area contributed by atoms with Crippen molar-refractivity contribution in [1.29, 1.82) is 0 Å². The van der Waals surface area contributed by atoms with Gasteiger partial charge in [0.05, 0.1) is 0 Å². The normalized spacial score (nSPS) is 12.1. The van der Waals surface area contributed by atoms with Crippen LogP contribution in [-0.2, 0) is 15.6 Å². The zero-order valence-electron chi connectivity index (χ0n) is 11.4. The third-order valence-corrected chi connectivity index (χ3v) is 4.11. The van der Waals surface area contributed by atoms with Gasteiger partial charge in [-0.3, -0.25) is 9.00 Å². The second kappa shape index (κ2) is 8.69. The lowest BCUT2D eigenvalue weighted by atomic mass is 10.3. The van der Waals surface area contributed by atoms with Gasteiger partial charge in [-0.15, -0.1) is 0 Å². The number of benzene rings is 1. The largest absolute Gasteiger partial charge is 0.399 e. The average Bonchev–Trinajstić information content (AvgIpc) is 2.37. The Hall–Kier alpha value is -1.36. The van der Waals surface area contributed by atoms with E-state index in [1.54, 1.807) is 24.3 Å². The highest BCUT2D eigenvalue weighted by Crippen LogP contribution is 2.12. The number of anilines is 2. The smallest absolute Gasteiger partial charge is 0.225 e. The van der Waals surface area contributed by atoms with Crippen LogP contribution in [0.15, 0.2) is 24.3 Å². The van der Waals surface area contributed by atoms with Crippen LogP contribution < -0.4 is 11.1 Å². The predicted molar refractivity (Wildman–Crippen MR) is 81.5 cm³/mol. The van der Waals surface area contributed by atoms with Gasteiger partial charge in [0.15, 0.2) is 0 Å². The van der Waals surface area contributed by atoms with E-state index in [0.29, 0.717) is 22.9 Å². The van der Waals surface area contributed by atoms with Crippen molar-refractivity contribution in [2.45, 2.75) is 32.6 Å². The predicted octanol–water partition coefficient (Wildman–Crippen LogP) is 2.54. The maximum atomic E-state index is 11.7. The number of amides is 1. The summed E-state index contributed by atoms with van der Waals surface area (Å²) in [5.41, 5.74) is 6.92. The van der Waals surface area contributed by atoms with Crippen molar-refractivity contribution >= 4 is 28.1 Å². The van der Waals surface area contributed by atoms with Crippen LogP contribution >= 0.6 is 0 Å². The van der Waals surface area contributed by atoms with Crippen LogP contribution in [0.2, 0.25) is 0 Å². The maximum Gasteiger partial charge on any atom is 0.225 e. The highest BCUT2D eigenvalue weighted by Gasteiger charge is 2.06. The molecule has 5 heteroatoms. The zero-order chi connectivity index (χ0) is 14.1. The van der Waals surface area contributed by atoms with Crippen LogP contribution in [0.25, 0.3) is 0 Å². The van der Waals surface area contributed by atoms with Gasteiger partial charge in [0, 0.05) is 40.1 Å². The molecule has 19 heavy (non-hydrogen) atoms. The summed E-state index contributed by atoms with van der Waals surface area (Å²) in [6.45, 7) is 2.11. The van der Waals surface area contributed by atoms with E-state index in [-0.39, 0.29) is 12.3 Å². The molecule has 4 nitrogen and oxygen atoms in total. The minimum atomic E-state index is -0.890. The molecule has 0 radical (unpaired) electrons. The number of hydrogen-bond donors (Lipinski definition) is 2. The summed E-state index contributed by atoms with van der Waals surface area (Å²) in [5.74, 6) is 1.01. The Morgan fingerprint density at radius 1 is 1.32 bits per heavy atom. The molecule has 0 aromatic heterocycles. The highest BCUT2D eigenvalue weighted by molar-refractivity contribution is 7.84. The molecule has 0 saturated heterocycles. The van der Waals surface area contributed by atoms with Gasteiger partial charge in [-0.1, -0.05) is 25.8 Å². The van der Waals surface area contributed by atoms with Crippen LogP contribution in [0.1, 0.15) is 32.6 Å². The molecule has 0 saturated carbocycles. The Morgan fingerprint density at radius 2 is 2.11 bits per heavy atom. The van der Waals surface area contributed by atoms with Gasteiger partial charge < -0.3 is 11.1 Å². The van der Waals surface area contributed by atoms with E-state index in [1.165, 1.54) is 0 Å². The molecule has 1 atom stereocenters. The van der Waals surface area contributed by atoms with Crippen molar-refractivity contribution in [3.05, 3.63) is 24.3 Å². The van der Waals surface area contributed by atoms with E-state index in [4.69, 9.17) is 5.73 Å². The van der Waals surface area contributed by atoms with E-state index < -0.39 is 10.8 Å². The maximum absolute atomic E-state index is 11.7. The summed E-state index contributed by atoms with van der Waals surface area (Å²) in [6.07, 6.45) is 3.47. The zero-order valence-corrected chi connectivity index (χ0v) is 12.2. The Balaban J connectivity index is 2.26. The van der Waals surface area contributed by atoms with E-state index in [1.807, 2.05) is 0 Å². The molecule has 0 aliphatic rings. The molecule has 0 bridgehead atoms. The first-order valence-corrected chi connectivity index (χ1v) is 8.11. The van der Waals surface area contributed by atoms with Gasteiger partial charge in [0.1, 0.15) is 0 Å². The number of nitrogens with one attached hydrogen (secondary N) is 1. The topological polar surface area (TPSA) is 72.2 Å². The first-order valence-electron chi connectivity index (χ1n) is 6.62. The van der Waals surface area contributed by atoms with Gasteiger partial charge in [-0.05, 0) is 24.6 Å². The number of hydrogen-bond acceptors (Lipinski definition) is 3. The molecule has 1 unspecified atom stereocenters. The fraction of sp³-hybridized carbons (Fsp3) is 0.500. The number of carbonyl (C=O) groups excluding carboxylic acids is 1. The van der Waals surface area contributed by atoms with E-state index in [0.717, 1.165) is 19.3 Å². The highest BCUT2D eigenvalue weighted by atomic mass is 32.2. The van der Waals surface area contributed by atoms with Crippen molar-refractivity contribution in [3.63, 3.8) is 0 Å². The van der Waals surface area contributed by atoms with Crippen LogP contribution in [0.5, 0.6) is 0 Å². The average molecular weight is 282 g/mol. The van der Waals surface area contributed by atoms with Crippen LogP contribution in [0.3, 0.4) is 0 Å². The SMILES string of the molecule is CCCCCS(=O)CCC(=O)Nc1cccc(N)c1. The Kier molecular flexibility index (Phi) is 7.18. The second-order valence-corrected chi connectivity index (χ2v) is 6.17. The molecule has 1 aromatic carbocycles. The van der Waals surface area contributed by atoms with Crippen LogP contribution in [-0.4, -0.2) is 21.6 Å². The van der Waals surface area contributed by atoms with Gasteiger partial charge >= 0.3 is 0 Å². The molecule has 3 N–H and O–H groups in total. The third kappa shape index (κ3) is 6.96. The molecular formula is C14H22N2O2S. The molecule has 0 aliphatic heterocycles. The number of nitrogen functional groups attached to an aromatic ring is 1. The summed E-state index contributed by atoms with van der Waals surface area (Å²) < 4.78 is 11.6. The van der Waals surface area contributed by atoms with Crippen molar-refractivity contribution in [3.8, 4) is 0 Å². The van der Waals surface area contributed by atoms with E-state index in [9.17, 15) is 9.00 Å². The quantitative estimate of drug-likeness (QED) is 0.568. The monoisotopic (exact) mass is 282 g/mol. The number of rotatable bonds is 8. The minimum absolute atomic E-state index is 0.116. The number of carbonyl (C=O) groups is 1. The number of unbranched alkanes of at least 4 members (excludes halogenated alkanes) is 2. The molecule has 1 rings (SSSR count).